The van der Waals surface area contributed by atoms with Gasteiger partial charge in [-0.15, -0.1) is 0 Å². The first-order valence-corrected chi connectivity index (χ1v) is 5.79. The third-order valence-corrected chi connectivity index (χ3v) is 2.94. The van der Waals surface area contributed by atoms with Gasteiger partial charge in [0.25, 0.3) is 0 Å². The van der Waals surface area contributed by atoms with Gasteiger partial charge in [-0.1, -0.05) is 12.1 Å². The first-order valence-electron chi connectivity index (χ1n) is 5.79. The lowest BCUT2D eigenvalue weighted by atomic mass is 10.1. The summed E-state index contributed by atoms with van der Waals surface area (Å²) in [5.74, 6) is 0.602. The first kappa shape index (κ1) is 11.5. The highest BCUT2D eigenvalue weighted by molar-refractivity contribution is 5.81. The van der Waals surface area contributed by atoms with Crippen LogP contribution in [-0.2, 0) is 0 Å². The minimum atomic E-state index is -0.0723. The summed E-state index contributed by atoms with van der Waals surface area (Å²) < 4.78 is 10.6. The Bertz CT molecular complexity index is 792. The Hall–Kier alpha value is -2.62. The van der Waals surface area contributed by atoms with Crippen molar-refractivity contribution in [2.75, 3.05) is 7.11 Å². The fourth-order valence-electron chi connectivity index (χ4n) is 1.95. The van der Waals surface area contributed by atoms with E-state index < -0.39 is 0 Å². The van der Waals surface area contributed by atoms with E-state index in [-0.39, 0.29) is 5.43 Å². The largest absolute Gasteiger partial charge is 0.495 e. The minimum absolute atomic E-state index is 0.0723. The lowest BCUT2D eigenvalue weighted by molar-refractivity contribution is 0.413. The van der Waals surface area contributed by atoms with E-state index in [0.717, 1.165) is 0 Å². The maximum absolute atomic E-state index is 12.4. The lowest BCUT2D eigenvalue weighted by Gasteiger charge is -2.04. The van der Waals surface area contributed by atoms with Crippen molar-refractivity contribution in [1.29, 1.82) is 0 Å². The summed E-state index contributed by atoms with van der Waals surface area (Å²) in [7, 11) is 1.56. The number of aromatic nitrogens is 1. The molecule has 0 saturated carbocycles. The van der Waals surface area contributed by atoms with Crippen molar-refractivity contribution in [3.05, 3.63) is 59.2 Å². The second-order valence-electron chi connectivity index (χ2n) is 4.09. The van der Waals surface area contributed by atoms with E-state index in [2.05, 4.69) is 4.98 Å². The Kier molecular flexibility index (Phi) is 2.76. The van der Waals surface area contributed by atoms with Gasteiger partial charge in [-0.3, -0.25) is 9.78 Å². The van der Waals surface area contributed by atoms with Gasteiger partial charge >= 0.3 is 0 Å². The van der Waals surface area contributed by atoms with Gasteiger partial charge in [-0.05, 0) is 18.2 Å². The Labute approximate surface area is 109 Å². The predicted octanol–water partition coefficient (Wildman–Crippen LogP) is 2.86. The van der Waals surface area contributed by atoms with Crippen LogP contribution in [0.1, 0.15) is 0 Å². The zero-order valence-corrected chi connectivity index (χ0v) is 10.3. The Morgan fingerprint density at radius 1 is 1.21 bits per heavy atom. The zero-order valence-electron chi connectivity index (χ0n) is 10.3. The summed E-state index contributed by atoms with van der Waals surface area (Å²) in [6.07, 6.45) is 4.66. The molecule has 0 aliphatic carbocycles. The van der Waals surface area contributed by atoms with E-state index in [1.54, 1.807) is 37.7 Å². The van der Waals surface area contributed by atoms with Gasteiger partial charge in [-0.25, -0.2) is 0 Å². The van der Waals surface area contributed by atoms with Crippen LogP contribution in [0.4, 0.5) is 0 Å². The second kappa shape index (κ2) is 4.57. The molecule has 1 aromatic carbocycles. The van der Waals surface area contributed by atoms with E-state index in [9.17, 15) is 4.79 Å². The summed E-state index contributed by atoms with van der Waals surface area (Å²) in [6, 6.07) is 8.92. The third kappa shape index (κ3) is 1.97. The van der Waals surface area contributed by atoms with Crippen LogP contribution < -0.4 is 10.2 Å². The van der Waals surface area contributed by atoms with Crippen LogP contribution in [0.25, 0.3) is 22.1 Å². The molecular formula is C15H11NO3. The van der Waals surface area contributed by atoms with Crippen LogP contribution in [-0.4, -0.2) is 12.1 Å². The number of hydrogen-bond acceptors (Lipinski definition) is 4. The summed E-state index contributed by atoms with van der Waals surface area (Å²) >= 11 is 0. The van der Waals surface area contributed by atoms with E-state index >= 15 is 0 Å². The van der Waals surface area contributed by atoms with Gasteiger partial charge in [0.15, 0.2) is 0 Å². The standard InChI is InChI=1S/C15H11NO3/c1-18-11-6-10(7-16-8-11)13-9-19-14-5-3-2-4-12(14)15(13)17/h2-9H,1H3. The smallest absolute Gasteiger partial charge is 0.200 e. The molecule has 0 radical (unpaired) electrons. The molecule has 2 heterocycles. The van der Waals surface area contributed by atoms with Crippen molar-refractivity contribution in [3.63, 3.8) is 0 Å². The molecule has 3 aromatic rings. The van der Waals surface area contributed by atoms with Crippen molar-refractivity contribution >= 4 is 11.0 Å². The number of nitrogens with zero attached hydrogens (tertiary/aromatic N) is 1. The van der Waals surface area contributed by atoms with Crippen molar-refractivity contribution in [2.45, 2.75) is 0 Å². The van der Waals surface area contributed by atoms with Crippen molar-refractivity contribution in [1.82, 2.24) is 4.98 Å². The van der Waals surface area contributed by atoms with E-state index in [1.807, 2.05) is 12.1 Å². The highest BCUT2D eigenvalue weighted by Gasteiger charge is 2.09. The van der Waals surface area contributed by atoms with Gasteiger partial charge < -0.3 is 9.15 Å². The van der Waals surface area contributed by atoms with E-state index in [1.165, 1.54) is 6.26 Å². The fraction of sp³-hybridized carbons (Fsp3) is 0.0667. The molecule has 0 N–H and O–H groups in total. The molecule has 19 heavy (non-hydrogen) atoms. The molecule has 0 aliphatic rings. The van der Waals surface area contributed by atoms with Crippen molar-refractivity contribution in [3.8, 4) is 16.9 Å². The molecule has 0 atom stereocenters. The van der Waals surface area contributed by atoms with Gasteiger partial charge in [0.05, 0.1) is 24.3 Å². The molecule has 0 fully saturated rings. The van der Waals surface area contributed by atoms with Gasteiger partial charge in [0.2, 0.25) is 5.43 Å². The molecular weight excluding hydrogens is 242 g/mol. The van der Waals surface area contributed by atoms with Crippen LogP contribution in [0.2, 0.25) is 0 Å². The van der Waals surface area contributed by atoms with Crippen molar-refractivity contribution in [2.24, 2.45) is 0 Å². The maximum atomic E-state index is 12.4. The molecule has 0 saturated heterocycles. The number of hydrogen-bond donors (Lipinski definition) is 0. The van der Waals surface area contributed by atoms with Crippen LogP contribution in [0, 0.1) is 0 Å². The molecule has 0 unspecified atom stereocenters. The average Bonchev–Trinajstić information content (AvgIpc) is 2.48. The van der Waals surface area contributed by atoms with Gasteiger partial charge in [0.1, 0.15) is 17.6 Å². The molecule has 94 valence electrons. The summed E-state index contributed by atoms with van der Waals surface area (Å²) in [6.45, 7) is 0. The van der Waals surface area contributed by atoms with Gasteiger partial charge in [-0.2, -0.15) is 0 Å². The highest BCUT2D eigenvalue weighted by Crippen LogP contribution is 2.22. The number of ether oxygens (including phenoxy) is 1. The van der Waals surface area contributed by atoms with Crippen LogP contribution in [0.5, 0.6) is 5.75 Å². The minimum Gasteiger partial charge on any atom is -0.495 e. The number of para-hydroxylation sites is 1. The molecule has 0 bridgehead atoms. The molecule has 3 rings (SSSR count). The number of rotatable bonds is 2. The number of methoxy groups -OCH3 is 1. The topological polar surface area (TPSA) is 52.3 Å². The number of pyridine rings is 1. The number of fused-ring (bicyclic) bond motifs is 1. The predicted molar refractivity (Wildman–Crippen MR) is 72.3 cm³/mol. The van der Waals surface area contributed by atoms with Gasteiger partial charge in [0, 0.05) is 11.8 Å². The monoisotopic (exact) mass is 253 g/mol. The number of benzene rings is 1. The Morgan fingerprint density at radius 2 is 2.05 bits per heavy atom. The normalized spacial score (nSPS) is 10.6. The maximum Gasteiger partial charge on any atom is 0.200 e. The van der Waals surface area contributed by atoms with Crippen LogP contribution >= 0.6 is 0 Å². The first-order chi connectivity index (χ1) is 9.29. The molecule has 2 aromatic heterocycles. The Balaban J connectivity index is 2.25. The van der Waals surface area contributed by atoms with Crippen molar-refractivity contribution < 1.29 is 9.15 Å². The quantitative estimate of drug-likeness (QED) is 0.704. The fourth-order valence-corrected chi connectivity index (χ4v) is 1.95. The summed E-state index contributed by atoms with van der Waals surface area (Å²) in [4.78, 5) is 16.4. The molecule has 0 spiro atoms. The lowest BCUT2D eigenvalue weighted by Crippen LogP contribution is -2.04. The summed E-state index contributed by atoms with van der Waals surface area (Å²) in [5, 5.41) is 0.558. The molecule has 4 nitrogen and oxygen atoms in total. The van der Waals surface area contributed by atoms with Crippen LogP contribution in [0.3, 0.4) is 0 Å². The SMILES string of the molecule is COc1cncc(-c2coc3ccccc3c2=O)c1. The third-order valence-electron chi connectivity index (χ3n) is 2.94. The molecule has 0 amide bonds. The van der Waals surface area contributed by atoms with Crippen LogP contribution in [0.15, 0.2) is 58.2 Å². The second-order valence-corrected chi connectivity index (χ2v) is 4.09. The average molecular weight is 253 g/mol. The molecule has 4 heteroatoms. The van der Waals surface area contributed by atoms with E-state index in [0.29, 0.717) is 27.8 Å². The summed E-state index contributed by atoms with van der Waals surface area (Å²) in [5.41, 5.74) is 1.66. The highest BCUT2D eigenvalue weighted by atomic mass is 16.5. The zero-order chi connectivity index (χ0) is 13.2. The van der Waals surface area contributed by atoms with E-state index in [4.69, 9.17) is 9.15 Å². The Morgan fingerprint density at radius 3 is 2.89 bits per heavy atom. The molecule has 0 aliphatic heterocycles.